The van der Waals surface area contributed by atoms with Crippen molar-refractivity contribution in [2.75, 3.05) is 13.2 Å². The van der Waals surface area contributed by atoms with Gasteiger partial charge in [-0.2, -0.15) is 0 Å². The Labute approximate surface area is 537 Å². The first kappa shape index (κ1) is 83.8. The third-order valence-corrected chi connectivity index (χ3v) is 18.1. The number of unbranched alkanes of at least 4 members (excludes halogenated alkanes) is 54. The fraction of sp³-hybridized carbons (Fsp3) is 0.875. The average molecular weight is 1210 g/mol. The van der Waals surface area contributed by atoms with Gasteiger partial charge in [-0.05, 0) is 89.9 Å². The maximum atomic E-state index is 12.6. The van der Waals surface area contributed by atoms with Crippen LogP contribution in [0.2, 0.25) is 0 Å². The summed E-state index contributed by atoms with van der Waals surface area (Å²) in [6.07, 6.45) is 99.0. The summed E-state index contributed by atoms with van der Waals surface area (Å²) in [5.41, 5.74) is 0. The molecule has 0 spiro atoms. The molecule has 0 saturated heterocycles. The van der Waals surface area contributed by atoms with Gasteiger partial charge < -0.3 is 20.3 Å². The molecule has 2 unspecified atom stereocenters. The minimum atomic E-state index is -0.669. The van der Waals surface area contributed by atoms with Crippen LogP contribution in [0.4, 0.5) is 0 Å². The van der Waals surface area contributed by atoms with Crippen LogP contribution in [0.1, 0.15) is 425 Å². The zero-order valence-electron chi connectivity index (χ0n) is 58.1. The Morgan fingerprint density at radius 3 is 0.895 bits per heavy atom. The van der Waals surface area contributed by atoms with Crippen LogP contribution >= 0.6 is 0 Å². The molecule has 0 aliphatic rings. The lowest BCUT2D eigenvalue weighted by molar-refractivity contribution is -0.143. The summed E-state index contributed by atoms with van der Waals surface area (Å²) >= 11 is 0. The second-order valence-electron chi connectivity index (χ2n) is 26.7. The molecule has 86 heavy (non-hydrogen) atoms. The van der Waals surface area contributed by atoms with Crippen molar-refractivity contribution in [2.24, 2.45) is 0 Å². The van der Waals surface area contributed by atoms with Crippen molar-refractivity contribution in [1.82, 2.24) is 5.32 Å². The van der Waals surface area contributed by atoms with E-state index in [-0.39, 0.29) is 18.5 Å². The lowest BCUT2D eigenvalue weighted by Gasteiger charge is -2.22. The zero-order chi connectivity index (χ0) is 62.0. The highest BCUT2D eigenvalue weighted by Gasteiger charge is 2.20. The molecule has 0 radical (unpaired) electrons. The van der Waals surface area contributed by atoms with Crippen LogP contribution in [0.5, 0.6) is 0 Å². The molecule has 3 N–H and O–H groups in total. The minimum Gasteiger partial charge on any atom is -0.466 e. The molecule has 0 heterocycles. The lowest BCUT2D eigenvalue weighted by Crippen LogP contribution is -2.45. The Hall–Kier alpha value is -2.18. The monoisotopic (exact) mass is 1210 g/mol. The first-order valence-corrected chi connectivity index (χ1v) is 38.9. The summed E-state index contributed by atoms with van der Waals surface area (Å²) in [5, 5.41) is 23.5. The number of amides is 1. The Morgan fingerprint density at radius 1 is 0.326 bits per heavy atom. The van der Waals surface area contributed by atoms with Gasteiger partial charge in [-0.3, -0.25) is 9.59 Å². The van der Waals surface area contributed by atoms with E-state index in [9.17, 15) is 19.8 Å². The summed E-state index contributed by atoms with van der Waals surface area (Å²) in [4.78, 5) is 24.7. The van der Waals surface area contributed by atoms with Crippen LogP contribution in [-0.2, 0) is 14.3 Å². The number of aliphatic hydroxyl groups excluding tert-OH is 2. The number of ether oxygens (including phenoxy) is 1. The van der Waals surface area contributed by atoms with Crippen molar-refractivity contribution in [2.45, 2.75) is 437 Å². The Bertz CT molecular complexity index is 1440. The van der Waals surface area contributed by atoms with E-state index in [1.54, 1.807) is 0 Å². The molecule has 0 aromatic heterocycles. The molecule has 506 valence electrons. The van der Waals surface area contributed by atoms with E-state index < -0.39 is 12.1 Å². The fourth-order valence-corrected chi connectivity index (χ4v) is 12.2. The van der Waals surface area contributed by atoms with Crippen molar-refractivity contribution in [3.63, 3.8) is 0 Å². The van der Waals surface area contributed by atoms with E-state index in [2.05, 4.69) is 67.8 Å². The molecule has 6 nitrogen and oxygen atoms in total. The molecule has 0 bridgehead atoms. The standard InChI is InChI=1S/C80H151NO5/c1-3-5-7-9-11-13-15-17-19-21-23-24-25-31-34-37-40-44-48-52-56-60-64-68-72-78(83)77(76-82)81-79(84)73-69-65-61-57-53-49-45-41-38-35-32-29-27-26-28-30-33-36-39-43-47-51-55-59-63-67-71-75-86-80(85)74-70-66-62-58-54-50-46-42-22-20-18-16-14-12-10-8-6-4-2/h14,16,20,22,26-27,30,33,77-78,82-83H,3-13,15,17-19,21,23-25,28-29,31-32,34-76H2,1-2H3,(H,81,84)/b16-14-,22-20-,27-26-,33-30-. The molecule has 0 fully saturated rings. The Morgan fingerprint density at radius 2 is 0.581 bits per heavy atom. The lowest BCUT2D eigenvalue weighted by atomic mass is 10.0. The fourth-order valence-electron chi connectivity index (χ4n) is 12.2. The SMILES string of the molecule is CCCCCC/C=C\C/C=C\CCCCCCCCCC(=O)OCCCCCCCCCCC/C=C\C/C=C\CCCCCCCCCCCCCC(=O)NC(CO)C(O)CCCCCCCCCCCCCCCCCCCCCCCCCC. The van der Waals surface area contributed by atoms with Gasteiger partial charge in [-0.15, -0.1) is 0 Å². The van der Waals surface area contributed by atoms with Gasteiger partial charge in [0.1, 0.15) is 0 Å². The number of carbonyl (C=O) groups excluding carboxylic acids is 2. The third kappa shape index (κ3) is 70.9. The maximum absolute atomic E-state index is 12.6. The highest BCUT2D eigenvalue weighted by molar-refractivity contribution is 5.76. The summed E-state index contributed by atoms with van der Waals surface area (Å²) in [5.74, 6) is -0.0298. The summed E-state index contributed by atoms with van der Waals surface area (Å²) in [6, 6.07) is -0.546. The number of rotatable bonds is 73. The normalized spacial score (nSPS) is 12.7. The Kier molecular flexibility index (Phi) is 73.4. The van der Waals surface area contributed by atoms with Gasteiger partial charge in [0.15, 0.2) is 0 Å². The van der Waals surface area contributed by atoms with Gasteiger partial charge >= 0.3 is 5.97 Å². The number of hydrogen-bond donors (Lipinski definition) is 3. The van der Waals surface area contributed by atoms with Crippen LogP contribution < -0.4 is 5.32 Å². The molecule has 0 aromatic rings. The summed E-state index contributed by atoms with van der Waals surface area (Å²) < 4.78 is 5.50. The van der Waals surface area contributed by atoms with E-state index in [0.29, 0.717) is 25.9 Å². The van der Waals surface area contributed by atoms with Crippen LogP contribution in [0, 0.1) is 0 Å². The van der Waals surface area contributed by atoms with E-state index in [4.69, 9.17) is 4.74 Å². The second-order valence-corrected chi connectivity index (χ2v) is 26.7. The third-order valence-electron chi connectivity index (χ3n) is 18.1. The number of hydrogen-bond acceptors (Lipinski definition) is 5. The van der Waals surface area contributed by atoms with Crippen molar-refractivity contribution >= 4 is 11.9 Å². The molecule has 0 aromatic carbocycles. The van der Waals surface area contributed by atoms with Gasteiger partial charge in [0.2, 0.25) is 5.91 Å². The van der Waals surface area contributed by atoms with Crippen LogP contribution in [-0.4, -0.2) is 47.4 Å². The van der Waals surface area contributed by atoms with E-state index in [1.807, 2.05) is 0 Å². The highest BCUT2D eigenvalue weighted by Crippen LogP contribution is 2.19. The van der Waals surface area contributed by atoms with Crippen molar-refractivity contribution in [1.29, 1.82) is 0 Å². The molecule has 0 saturated carbocycles. The molecule has 6 heteroatoms. The molecule has 0 rings (SSSR count). The average Bonchev–Trinajstić information content (AvgIpc) is 3.54. The summed E-state index contributed by atoms with van der Waals surface area (Å²) in [7, 11) is 0. The van der Waals surface area contributed by atoms with Crippen LogP contribution in [0.25, 0.3) is 0 Å². The predicted octanol–water partition coefficient (Wildman–Crippen LogP) is 25.6. The first-order chi connectivity index (χ1) is 42.5. The first-order valence-electron chi connectivity index (χ1n) is 38.9. The van der Waals surface area contributed by atoms with Crippen LogP contribution in [0.15, 0.2) is 48.6 Å². The summed E-state index contributed by atoms with van der Waals surface area (Å²) in [6.45, 7) is 4.97. The highest BCUT2D eigenvalue weighted by atomic mass is 16.5. The molecule has 2 atom stereocenters. The van der Waals surface area contributed by atoms with E-state index >= 15 is 0 Å². The number of esters is 1. The minimum absolute atomic E-state index is 0.00391. The number of nitrogens with one attached hydrogen (secondary N) is 1. The zero-order valence-corrected chi connectivity index (χ0v) is 58.1. The molecule has 0 aliphatic carbocycles. The van der Waals surface area contributed by atoms with Gasteiger partial charge in [0.25, 0.3) is 0 Å². The topological polar surface area (TPSA) is 95.9 Å². The van der Waals surface area contributed by atoms with E-state index in [1.165, 1.54) is 334 Å². The second kappa shape index (κ2) is 75.3. The largest absolute Gasteiger partial charge is 0.466 e. The Balaban J connectivity index is 3.42. The predicted molar refractivity (Wildman–Crippen MR) is 379 cm³/mol. The quantitative estimate of drug-likeness (QED) is 0.0320. The molecule has 1 amide bonds. The van der Waals surface area contributed by atoms with Gasteiger partial charge in [-0.1, -0.05) is 371 Å². The van der Waals surface area contributed by atoms with Crippen molar-refractivity contribution in [3.05, 3.63) is 48.6 Å². The number of carbonyl (C=O) groups is 2. The molecular weight excluding hydrogens is 1050 g/mol. The smallest absolute Gasteiger partial charge is 0.305 e. The van der Waals surface area contributed by atoms with E-state index in [0.717, 1.165) is 57.8 Å². The molecular formula is C80H151NO5. The number of allylic oxidation sites excluding steroid dienone is 8. The van der Waals surface area contributed by atoms with Crippen LogP contribution in [0.3, 0.4) is 0 Å². The molecule has 0 aliphatic heterocycles. The van der Waals surface area contributed by atoms with Crippen molar-refractivity contribution in [3.8, 4) is 0 Å². The van der Waals surface area contributed by atoms with Gasteiger partial charge in [-0.25, -0.2) is 0 Å². The number of aliphatic hydroxyl groups is 2. The maximum Gasteiger partial charge on any atom is 0.305 e. The van der Waals surface area contributed by atoms with Gasteiger partial charge in [0.05, 0.1) is 25.4 Å². The van der Waals surface area contributed by atoms with Gasteiger partial charge in [0, 0.05) is 12.8 Å². The van der Waals surface area contributed by atoms with Crippen molar-refractivity contribution < 1.29 is 24.5 Å².